The van der Waals surface area contributed by atoms with Gasteiger partial charge in [-0.15, -0.1) is 0 Å². The topological polar surface area (TPSA) is 32.3 Å². The van der Waals surface area contributed by atoms with Gasteiger partial charge in [-0.2, -0.15) is 0 Å². The van der Waals surface area contributed by atoms with Crippen LogP contribution in [-0.4, -0.2) is 17.9 Å². The van der Waals surface area contributed by atoms with E-state index >= 15 is 0 Å². The maximum Gasteiger partial charge on any atom is 0.115 e. The summed E-state index contributed by atoms with van der Waals surface area (Å²) < 4.78 is 0. The summed E-state index contributed by atoms with van der Waals surface area (Å²) in [5.41, 5.74) is -0.629. The molecule has 1 atom stereocenters. The Bertz CT molecular complexity index is 238. The highest BCUT2D eigenvalue weighted by molar-refractivity contribution is 4.71. The van der Waals surface area contributed by atoms with E-state index in [1.54, 1.807) is 0 Å². The highest BCUT2D eigenvalue weighted by atomic mass is 16.3. The zero-order chi connectivity index (χ0) is 17.9. The first-order chi connectivity index (χ1) is 11.7. The van der Waals surface area contributed by atoms with E-state index < -0.39 is 5.72 Å². The summed E-state index contributed by atoms with van der Waals surface area (Å²) in [7, 11) is 1.86. The summed E-state index contributed by atoms with van der Waals surface area (Å²) in [6, 6.07) is 0. The van der Waals surface area contributed by atoms with Crippen molar-refractivity contribution in [2.75, 3.05) is 7.05 Å². The Kier molecular flexibility index (Phi) is 17.7. The van der Waals surface area contributed by atoms with E-state index in [0.29, 0.717) is 0 Å². The SMILES string of the molecule is CCCCCCCCCCCCCCCCCCC(O)(CC)NC. The van der Waals surface area contributed by atoms with Crippen molar-refractivity contribution in [3.8, 4) is 0 Å². The Balaban J connectivity index is 3.13. The standard InChI is InChI=1S/C22H47NO/c1-4-6-7-8-9-10-11-12-13-14-15-16-17-18-19-20-21-22(24,5-2)23-3/h23-24H,4-21H2,1-3H3. The van der Waals surface area contributed by atoms with Crippen molar-refractivity contribution in [2.45, 2.75) is 135 Å². The average Bonchev–Trinajstić information content (AvgIpc) is 2.61. The molecule has 146 valence electrons. The van der Waals surface area contributed by atoms with E-state index in [4.69, 9.17) is 0 Å². The first-order valence-corrected chi connectivity index (χ1v) is 11.1. The molecular weight excluding hydrogens is 294 g/mol. The first-order valence-electron chi connectivity index (χ1n) is 11.1. The molecule has 0 aliphatic carbocycles. The van der Waals surface area contributed by atoms with Gasteiger partial charge in [-0.25, -0.2) is 0 Å². The Morgan fingerprint density at radius 1 is 0.583 bits per heavy atom. The lowest BCUT2D eigenvalue weighted by molar-refractivity contribution is -0.00166. The third kappa shape index (κ3) is 15.4. The van der Waals surface area contributed by atoms with Gasteiger partial charge in [-0.05, 0) is 26.3 Å². The quantitative estimate of drug-likeness (QED) is 0.197. The Morgan fingerprint density at radius 3 is 1.21 bits per heavy atom. The van der Waals surface area contributed by atoms with E-state index in [1.165, 1.54) is 96.3 Å². The third-order valence-electron chi connectivity index (χ3n) is 5.49. The fraction of sp³-hybridized carbons (Fsp3) is 1.00. The molecular formula is C22H47NO. The van der Waals surface area contributed by atoms with Crippen LogP contribution in [0, 0.1) is 0 Å². The summed E-state index contributed by atoms with van der Waals surface area (Å²) >= 11 is 0. The Labute approximate surface area is 153 Å². The summed E-state index contributed by atoms with van der Waals surface area (Å²) in [5.74, 6) is 0. The maximum atomic E-state index is 10.1. The Hall–Kier alpha value is -0.0800. The number of aliphatic hydroxyl groups is 1. The van der Waals surface area contributed by atoms with Gasteiger partial charge >= 0.3 is 0 Å². The fourth-order valence-electron chi connectivity index (χ4n) is 3.44. The van der Waals surface area contributed by atoms with Crippen LogP contribution in [0.4, 0.5) is 0 Å². The highest BCUT2D eigenvalue weighted by Gasteiger charge is 2.20. The molecule has 0 aliphatic rings. The van der Waals surface area contributed by atoms with Crippen LogP contribution in [0.1, 0.15) is 129 Å². The molecule has 0 rings (SSSR count). The molecule has 0 amide bonds. The minimum Gasteiger partial charge on any atom is -0.376 e. The van der Waals surface area contributed by atoms with Gasteiger partial charge in [0.1, 0.15) is 5.72 Å². The van der Waals surface area contributed by atoms with Crippen molar-refractivity contribution in [1.29, 1.82) is 0 Å². The molecule has 0 heterocycles. The molecule has 0 bridgehead atoms. The van der Waals surface area contributed by atoms with Gasteiger partial charge in [0.15, 0.2) is 0 Å². The lowest BCUT2D eigenvalue weighted by Gasteiger charge is -2.26. The van der Waals surface area contributed by atoms with Gasteiger partial charge < -0.3 is 5.11 Å². The summed E-state index contributed by atoms with van der Waals surface area (Å²) in [6.07, 6.45) is 24.0. The zero-order valence-corrected chi connectivity index (χ0v) is 17.2. The maximum absolute atomic E-state index is 10.1. The molecule has 0 saturated heterocycles. The highest BCUT2D eigenvalue weighted by Crippen LogP contribution is 2.17. The molecule has 2 heteroatoms. The molecule has 0 aromatic rings. The van der Waals surface area contributed by atoms with E-state index in [9.17, 15) is 5.11 Å². The summed E-state index contributed by atoms with van der Waals surface area (Å²) in [5, 5.41) is 13.2. The molecule has 2 nitrogen and oxygen atoms in total. The number of nitrogens with one attached hydrogen (secondary N) is 1. The second-order valence-corrected chi connectivity index (χ2v) is 7.69. The lowest BCUT2D eigenvalue weighted by atomic mass is 10.0. The normalized spacial score (nSPS) is 14.0. The predicted octanol–water partition coefficient (Wildman–Crippen LogP) is 6.96. The molecule has 0 saturated carbocycles. The molecule has 0 aliphatic heterocycles. The van der Waals surface area contributed by atoms with Gasteiger partial charge in [-0.1, -0.05) is 110 Å². The lowest BCUT2D eigenvalue weighted by Crippen LogP contribution is -2.41. The molecule has 24 heavy (non-hydrogen) atoms. The van der Waals surface area contributed by atoms with Crippen molar-refractivity contribution in [3.63, 3.8) is 0 Å². The number of rotatable bonds is 19. The van der Waals surface area contributed by atoms with E-state index in [0.717, 1.165) is 19.3 Å². The summed E-state index contributed by atoms with van der Waals surface area (Å²) in [4.78, 5) is 0. The smallest absolute Gasteiger partial charge is 0.115 e. The van der Waals surface area contributed by atoms with Gasteiger partial charge in [0, 0.05) is 0 Å². The predicted molar refractivity (Wildman–Crippen MR) is 108 cm³/mol. The van der Waals surface area contributed by atoms with Gasteiger partial charge in [0.25, 0.3) is 0 Å². The van der Waals surface area contributed by atoms with Crippen molar-refractivity contribution in [2.24, 2.45) is 0 Å². The van der Waals surface area contributed by atoms with Crippen LogP contribution in [0.2, 0.25) is 0 Å². The molecule has 2 N–H and O–H groups in total. The number of hydrogen-bond acceptors (Lipinski definition) is 2. The fourth-order valence-corrected chi connectivity index (χ4v) is 3.44. The van der Waals surface area contributed by atoms with Crippen LogP contribution in [0.5, 0.6) is 0 Å². The molecule has 0 aromatic carbocycles. The number of unbranched alkanes of at least 4 members (excludes halogenated alkanes) is 15. The minimum atomic E-state index is -0.629. The van der Waals surface area contributed by atoms with Crippen LogP contribution in [-0.2, 0) is 0 Å². The second kappa shape index (κ2) is 17.7. The molecule has 0 aromatic heterocycles. The van der Waals surface area contributed by atoms with Crippen LogP contribution >= 0.6 is 0 Å². The molecule has 0 fully saturated rings. The monoisotopic (exact) mass is 341 g/mol. The number of hydrogen-bond donors (Lipinski definition) is 2. The van der Waals surface area contributed by atoms with Crippen molar-refractivity contribution >= 4 is 0 Å². The van der Waals surface area contributed by atoms with Gasteiger partial charge in [0.2, 0.25) is 0 Å². The minimum absolute atomic E-state index is 0.629. The van der Waals surface area contributed by atoms with Crippen LogP contribution < -0.4 is 5.32 Å². The average molecular weight is 342 g/mol. The molecule has 0 radical (unpaired) electrons. The van der Waals surface area contributed by atoms with Gasteiger partial charge in [-0.3, -0.25) is 5.32 Å². The molecule has 1 unspecified atom stereocenters. The van der Waals surface area contributed by atoms with E-state index in [2.05, 4.69) is 12.2 Å². The van der Waals surface area contributed by atoms with E-state index in [1.807, 2.05) is 14.0 Å². The van der Waals surface area contributed by atoms with Crippen molar-refractivity contribution < 1.29 is 5.11 Å². The zero-order valence-electron chi connectivity index (χ0n) is 17.2. The van der Waals surface area contributed by atoms with Crippen molar-refractivity contribution in [3.05, 3.63) is 0 Å². The third-order valence-corrected chi connectivity index (χ3v) is 5.49. The van der Waals surface area contributed by atoms with Crippen molar-refractivity contribution in [1.82, 2.24) is 5.32 Å². The summed E-state index contributed by atoms with van der Waals surface area (Å²) in [6.45, 7) is 4.33. The van der Waals surface area contributed by atoms with E-state index in [-0.39, 0.29) is 0 Å². The first kappa shape index (κ1) is 23.9. The van der Waals surface area contributed by atoms with Crippen LogP contribution in [0.25, 0.3) is 0 Å². The second-order valence-electron chi connectivity index (χ2n) is 7.69. The molecule has 0 spiro atoms. The van der Waals surface area contributed by atoms with Gasteiger partial charge in [0.05, 0.1) is 0 Å². The van der Waals surface area contributed by atoms with Crippen LogP contribution in [0.15, 0.2) is 0 Å². The largest absolute Gasteiger partial charge is 0.376 e. The van der Waals surface area contributed by atoms with Crippen LogP contribution in [0.3, 0.4) is 0 Å². The Morgan fingerprint density at radius 2 is 0.917 bits per heavy atom.